The van der Waals surface area contributed by atoms with Crippen LogP contribution in [0.5, 0.6) is 0 Å². The normalized spacial score (nSPS) is 21.4. The monoisotopic (exact) mass is 334 g/mol. The molecule has 3 rings (SSSR count). The fraction of sp³-hybridized carbons (Fsp3) is 0.375. The Morgan fingerprint density at radius 3 is 2.68 bits per heavy atom. The minimum atomic E-state index is -0.291. The van der Waals surface area contributed by atoms with Crippen molar-refractivity contribution >= 4 is 34.5 Å². The van der Waals surface area contributed by atoms with Crippen molar-refractivity contribution in [2.24, 2.45) is 5.92 Å². The van der Waals surface area contributed by atoms with Gasteiger partial charge in [-0.15, -0.1) is 22.7 Å². The highest BCUT2D eigenvalue weighted by Crippen LogP contribution is 2.40. The quantitative estimate of drug-likeness (QED) is 0.862. The second kappa shape index (κ2) is 6.22. The van der Waals surface area contributed by atoms with Gasteiger partial charge in [0.05, 0.1) is 18.5 Å². The second-order valence-electron chi connectivity index (χ2n) is 5.55. The zero-order chi connectivity index (χ0) is 15.7. The molecule has 0 aliphatic carbocycles. The van der Waals surface area contributed by atoms with Crippen molar-refractivity contribution in [3.63, 3.8) is 0 Å². The number of carbonyl (C=O) groups is 2. The van der Waals surface area contributed by atoms with Crippen molar-refractivity contribution in [2.75, 3.05) is 14.1 Å². The Kier molecular flexibility index (Phi) is 4.31. The Hall–Kier alpha value is -1.66. The lowest BCUT2D eigenvalue weighted by Crippen LogP contribution is -2.35. The van der Waals surface area contributed by atoms with E-state index in [0.717, 1.165) is 9.75 Å². The molecule has 0 saturated carbocycles. The van der Waals surface area contributed by atoms with Gasteiger partial charge in [-0.3, -0.25) is 9.59 Å². The van der Waals surface area contributed by atoms with Gasteiger partial charge in [-0.05, 0) is 22.9 Å². The fourth-order valence-corrected chi connectivity index (χ4v) is 4.63. The maximum absolute atomic E-state index is 12.8. The molecule has 0 N–H and O–H groups in total. The molecule has 0 spiro atoms. The largest absolute Gasteiger partial charge is 0.340 e. The lowest BCUT2D eigenvalue weighted by molar-refractivity contribution is -0.135. The van der Waals surface area contributed by atoms with Gasteiger partial charge in [0.15, 0.2) is 0 Å². The number of amides is 2. The second-order valence-corrected chi connectivity index (χ2v) is 7.56. The van der Waals surface area contributed by atoms with Gasteiger partial charge in [0, 0.05) is 30.3 Å². The molecule has 4 nitrogen and oxygen atoms in total. The van der Waals surface area contributed by atoms with Gasteiger partial charge in [-0.25, -0.2) is 0 Å². The Morgan fingerprint density at radius 2 is 2.05 bits per heavy atom. The summed E-state index contributed by atoms with van der Waals surface area (Å²) in [6.07, 6.45) is 0.298. The smallest absolute Gasteiger partial charge is 0.228 e. The van der Waals surface area contributed by atoms with Crippen molar-refractivity contribution in [1.82, 2.24) is 9.80 Å². The van der Waals surface area contributed by atoms with Crippen LogP contribution in [0, 0.1) is 5.92 Å². The van der Waals surface area contributed by atoms with Crippen LogP contribution in [-0.4, -0.2) is 35.7 Å². The van der Waals surface area contributed by atoms with Crippen LogP contribution in [0.25, 0.3) is 0 Å². The molecular formula is C16H18N2O2S2. The molecule has 6 heteroatoms. The zero-order valence-corrected chi connectivity index (χ0v) is 14.2. The topological polar surface area (TPSA) is 40.6 Å². The summed E-state index contributed by atoms with van der Waals surface area (Å²) in [5.74, 6) is -0.202. The molecular weight excluding hydrogens is 316 g/mol. The first-order valence-electron chi connectivity index (χ1n) is 7.14. The number of rotatable bonds is 4. The van der Waals surface area contributed by atoms with Crippen molar-refractivity contribution < 1.29 is 9.59 Å². The number of hydrogen-bond acceptors (Lipinski definition) is 4. The van der Waals surface area contributed by atoms with Gasteiger partial charge >= 0.3 is 0 Å². The van der Waals surface area contributed by atoms with Crippen LogP contribution in [0.4, 0.5) is 0 Å². The summed E-state index contributed by atoms with van der Waals surface area (Å²) in [5, 5.41) is 4.00. The van der Waals surface area contributed by atoms with Crippen molar-refractivity contribution in [3.8, 4) is 0 Å². The molecule has 2 atom stereocenters. The lowest BCUT2D eigenvalue weighted by Gasteiger charge is -2.26. The van der Waals surface area contributed by atoms with E-state index in [1.807, 2.05) is 42.1 Å². The molecule has 116 valence electrons. The van der Waals surface area contributed by atoms with Crippen LogP contribution < -0.4 is 0 Å². The predicted octanol–water partition coefficient (Wildman–Crippen LogP) is 2.99. The van der Waals surface area contributed by atoms with Gasteiger partial charge in [0.2, 0.25) is 11.8 Å². The average molecular weight is 334 g/mol. The van der Waals surface area contributed by atoms with E-state index in [1.54, 1.807) is 39.5 Å². The molecule has 1 aliphatic rings. The summed E-state index contributed by atoms with van der Waals surface area (Å²) in [6.45, 7) is 0.599. The number of thiophene rings is 2. The summed E-state index contributed by atoms with van der Waals surface area (Å²) in [4.78, 5) is 30.6. The maximum atomic E-state index is 12.8. The number of hydrogen-bond donors (Lipinski definition) is 0. The Labute approximate surface area is 138 Å². The van der Waals surface area contributed by atoms with Gasteiger partial charge < -0.3 is 9.80 Å². The van der Waals surface area contributed by atoms with Gasteiger partial charge in [0.1, 0.15) is 0 Å². The van der Waals surface area contributed by atoms with Crippen LogP contribution in [0.3, 0.4) is 0 Å². The lowest BCUT2D eigenvalue weighted by atomic mass is 9.97. The highest BCUT2D eigenvalue weighted by atomic mass is 32.1. The van der Waals surface area contributed by atoms with Crippen molar-refractivity contribution in [3.05, 3.63) is 44.8 Å². The molecule has 22 heavy (non-hydrogen) atoms. The predicted molar refractivity (Wildman–Crippen MR) is 88.7 cm³/mol. The van der Waals surface area contributed by atoms with Crippen LogP contribution >= 0.6 is 22.7 Å². The molecule has 2 amide bonds. The molecule has 3 heterocycles. The standard InChI is InChI=1S/C16H18N2O2S2/c1-17(10-11-5-3-7-21-11)16(20)12-9-14(19)18(2)15(12)13-6-4-8-22-13/h3-8,12,15H,9-10H2,1-2H3/t12-,15+/m0/s1. The van der Waals surface area contributed by atoms with Crippen LogP contribution in [0.1, 0.15) is 22.2 Å². The minimum absolute atomic E-state index is 0.0428. The third-order valence-corrected chi connectivity index (χ3v) is 5.89. The third-order valence-electron chi connectivity index (χ3n) is 4.09. The first-order chi connectivity index (χ1) is 10.6. The molecule has 1 aliphatic heterocycles. The van der Waals surface area contributed by atoms with E-state index in [2.05, 4.69) is 0 Å². The van der Waals surface area contributed by atoms with E-state index < -0.39 is 0 Å². The molecule has 0 radical (unpaired) electrons. The summed E-state index contributed by atoms with van der Waals surface area (Å²) >= 11 is 3.24. The van der Waals surface area contributed by atoms with E-state index in [-0.39, 0.29) is 23.8 Å². The summed E-state index contributed by atoms with van der Waals surface area (Å²) in [5.41, 5.74) is 0. The third kappa shape index (κ3) is 2.80. The highest BCUT2D eigenvalue weighted by Gasteiger charge is 2.44. The van der Waals surface area contributed by atoms with Crippen LogP contribution in [-0.2, 0) is 16.1 Å². The van der Waals surface area contributed by atoms with Gasteiger partial charge in [-0.2, -0.15) is 0 Å². The van der Waals surface area contributed by atoms with E-state index in [9.17, 15) is 9.59 Å². The van der Waals surface area contributed by atoms with E-state index >= 15 is 0 Å². The SMILES string of the molecule is CN(Cc1cccs1)C(=O)[C@H]1CC(=O)N(C)[C@H]1c1cccs1. The van der Waals surface area contributed by atoms with Crippen LogP contribution in [0.15, 0.2) is 35.0 Å². The molecule has 0 bridgehead atoms. The van der Waals surface area contributed by atoms with Crippen LogP contribution in [0.2, 0.25) is 0 Å². The van der Waals surface area contributed by atoms with Gasteiger partial charge in [0.25, 0.3) is 0 Å². The minimum Gasteiger partial charge on any atom is -0.340 e. The van der Waals surface area contributed by atoms with Crippen molar-refractivity contribution in [2.45, 2.75) is 19.0 Å². The Morgan fingerprint density at radius 1 is 1.32 bits per heavy atom. The highest BCUT2D eigenvalue weighted by molar-refractivity contribution is 7.10. The molecule has 0 unspecified atom stereocenters. The first kappa shape index (κ1) is 15.2. The molecule has 1 saturated heterocycles. The first-order valence-corrected chi connectivity index (χ1v) is 8.90. The molecule has 2 aromatic heterocycles. The maximum Gasteiger partial charge on any atom is 0.228 e. The molecule has 0 aromatic carbocycles. The summed E-state index contributed by atoms with van der Waals surface area (Å²) < 4.78 is 0. The number of likely N-dealkylation sites (tertiary alicyclic amines) is 1. The summed E-state index contributed by atoms with van der Waals surface area (Å²) in [6, 6.07) is 7.85. The van der Waals surface area contributed by atoms with Gasteiger partial charge in [-0.1, -0.05) is 12.1 Å². The molecule has 1 fully saturated rings. The fourth-order valence-electron chi connectivity index (χ4n) is 2.94. The Balaban J connectivity index is 1.79. The molecule has 2 aromatic rings. The van der Waals surface area contributed by atoms with E-state index in [4.69, 9.17) is 0 Å². The Bertz CT molecular complexity index is 652. The number of carbonyl (C=O) groups excluding carboxylic acids is 2. The average Bonchev–Trinajstić information content (AvgIpc) is 3.21. The van der Waals surface area contributed by atoms with Crippen molar-refractivity contribution in [1.29, 1.82) is 0 Å². The summed E-state index contributed by atoms with van der Waals surface area (Å²) in [7, 11) is 3.61. The zero-order valence-electron chi connectivity index (χ0n) is 12.6. The number of nitrogens with zero attached hydrogens (tertiary/aromatic N) is 2. The van der Waals surface area contributed by atoms with E-state index in [1.165, 1.54) is 0 Å². The van der Waals surface area contributed by atoms with E-state index in [0.29, 0.717) is 13.0 Å².